The highest BCUT2D eigenvalue weighted by atomic mass is 32.2. The fraction of sp³-hybridized carbons (Fsp3) is 0.391. The van der Waals surface area contributed by atoms with Crippen LogP contribution in [0.4, 0.5) is 22.4 Å². The summed E-state index contributed by atoms with van der Waals surface area (Å²) in [6, 6.07) is 9.41. The van der Waals surface area contributed by atoms with Gasteiger partial charge in [-0.15, -0.1) is 0 Å². The molecular weight excluding hydrogens is 506 g/mol. The van der Waals surface area contributed by atoms with Crippen LogP contribution in [-0.4, -0.2) is 38.6 Å². The van der Waals surface area contributed by atoms with Gasteiger partial charge in [-0.05, 0) is 35.6 Å². The molecule has 0 radical (unpaired) electrons. The molecule has 0 heterocycles. The minimum absolute atomic E-state index is 0.0321. The van der Waals surface area contributed by atoms with Crippen molar-refractivity contribution in [2.75, 3.05) is 13.1 Å². The summed E-state index contributed by atoms with van der Waals surface area (Å²) in [6.45, 7) is 4.54. The summed E-state index contributed by atoms with van der Waals surface area (Å²) in [6.07, 6.45) is -6.56. The summed E-state index contributed by atoms with van der Waals surface area (Å²) >= 11 is 0. The van der Waals surface area contributed by atoms with Crippen LogP contribution in [0.25, 0.3) is 0 Å². The molecule has 0 aliphatic rings. The molecule has 0 aliphatic heterocycles. The summed E-state index contributed by atoms with van der Waals surface area (Å²) in [5.74, 6) is -1.93. The molecule has 0 spiro atoms. The third kappa shape index (κ3) is 6.52. The number of nitrogens with one attached hydrogen (secondary N) is 3. The van der Waals surface area contributed by atoms with Crippen molar-refractivity contribution in [2.24, 2.45) is 5.41 Å². The number of carbonyl (C=O) groups excluding carboxylic acids is 1. The molecule has 0 aliphatic carbocycles. The molecule has 2 aromatic rings. The van der Waals surface area contributed by atoms with Crippen LogP contribution in [-0.2, 0) is 26.5 Å². The lowest BCUT2D eigenvalue weighted by Gasteiger charge is -2.43. The largest absolute Gasteiger partial charge is 0.465 e. The Morgan fingerprint density at radius 1 is 0.972 bits per heavy atom. The number of carbonyl (C=O) groups is 2. The zero-order chi connectivity index (χ0) is 27.4. The third-order valence-corrected chi connectivity index (χ3v) is 6.95. The molecule has 0 saturated heterocycles. The normalized spacial score (nSPS) is 14.1. The zero-order valence-corrected chi connectivity index (χ0v) is 20.6. The van der Waals surface area contributed by atoms with E-state index in [9.17, 15) is 40.7 Å². The lowest BCUT2D eigenvalue weighted by Crippen LogP contribution is -2.63. The number of benzene rings is 2. The molecule has 0 unspecified atom stereocenters. The van der Waals surface area contributed by atoms with Crippen molar-refractivity contribution < 1.29 is 40.7 Å². The van der Waals surface area contributed by atoms with Crippen LogP contribution >= 0.6 is 0 Å². The lowest BCUT2D eigenvalue weighted by molar-refractivity contribution is -0.140. The molecule has 2 amide bonds. The molecular formula is C23H27F4N3O5S. The molecule has 0 aromatic heterocycles. The van der Waals surface area contributed by atoms with Crippen molar-refractivity contribution in [1.82, 2.24) is 15.4 Å². The van der Waals surface area contributed by atoms with E-state index >= 15 is 0 Å². The van der Waals surface area contributed by atoms with Crippen LogP contribution < -0.4 is 15.4 Å². The number of hydrogen-bond donors (Lipinski definition) is 4. The van der Waals surface area contributed by atoms with Crippen LogP contribution in [0.3, 0.4) is 0 Å². The maximum Gasteiger partial charge on any atom is 0.417 e. The van der Waals surface area contributed by atoms with Crippen molar-refractivity contribution in [2.45, 2.75) is 43.8 Å². The standard InChI is InChI=1S/C23H27F4N3O5S/c1-21(2,3)22(30-20(32)33,15-8-5-4-6-9-15)19(31)28-12-7-13-29-36(34,35)18-11-10-16(24)14-17(18)23(25,26)27/h4-6,8-11,14,29-30H,7,12-13H2,1-3H3,(H,28,31)(H,32,33)/t22-/m0/s1. The third-order valence-electron chi connectivity index (χ3n) is 5.43. The molecule has 1 atom stereocenters. The average Bonchev–Trinajstić information content (AvgIpc) is 2.75. The monoisotopic (exact) mass is 533 g/mol. The van der Waals surface area contributed by atoms with Crippen molar-refractivity contribution >= 4 is 22.0 Å². The summed E-state index contributed by atoms with van der Waals surface area (Å²) in [5, 5.41) is 14.3. The van der Waals surface area contributed by atoms with E-state index in [4.69, 9.17) is 0 Å². The predicted octanol–water partition coefficient (Wildman–Crippen LogP) is 3.84. The molecule has 198 valence electrons. The quantitative estimate of drug-likeness (QED) is 0.288. The Kier molecular flexibility index (Phi) is 8.73. The van der Waals surface area contributed by atoms with Crippen LogP contribution in [0.2, 0.25) is 0 Å². The maximum absolute atomic E-state index is 13.3. The Hall–Kier alpha value is -3.19. The summed E-state index contributed by atoms with van der Waals surface area (Å²) in [5.41, 5.74) is -3.89. The highest BCUT2D eigenvalue weighted by molar-refractivity contribution is 7.89. The average molecular weight is 534 g/mol. The molecule has 0 fully saturated rings. The summed E-state index contributed by atoms with van der Waals surface area (Å²) < 4.78 is 79.6. The smallest absolute Gasteiger partial charge is 0.417 e. The van der Waals surface area contributed by atoms with Gasteiger partial charge in [-0.1, -0.05) is 51.1 Å². The number of rotatable bonds is 9. The van der Waals surface area contributed by atoms with Gasteiger partial charge in [0.05, 0.1) is 10.5 Å². The minimum Gasteiger partial charge on any atom is -0.465 e. The Labute approximate surface area is 206 Å². The fourth-order valence-corrected chi connectivity index (χ4v) is 5.01. The first-order chi connectivity index (χ1) is 16.5. The van der Waals surface area contributed by atoms with E-state index in [0.29, 0.717) is 17.7 Å². The molecule has 2 rings (SSSR count). The first-order valence-corrected chi connectivity index (χ1v) is 12.2. The van der Waals surface area contributed by atoms with Gasteiger partial charge in [0.25, 0.3) is 5.91 Å². The van der Waals surface area contributed by atoms with Crippen LogP contribution in [0, 0.1) is 11.2 Å². The van der Waals surface area contributed by atoms with E-state index in [1.54, 1.807) is 51.1 Å². The number of sulfonamides is 1. The van der Waals surface area contributed by atoms with Gasteiger partial charge in [0.1, 0.15) is 5.82 Å². The van der Waals surface area contributed by atoms with E-state index in [-0.39, 0.29) is 25.6 Å². The second-order valence-electron chi connectivity index (χ2n) is 8.94. The predicted molar refractivity (Wildman–Crippen MR) is 123 cm³/mol. The zero-order valence-electron chi connectivity index (χ0n) is 19.7. The first kappa shape index (κ1) is 29.0. The molecule has 0 bridgehead atoms. The summed E-state index contributed by atoms with van der Waals surface area (Å²) in [4.78, 5) is 23.8. The lowest BCUT2D eigenvalue weighted by atomic mass is 9.68. The Morgan fingerprint density at radius 3 is 2.11 bits per heavy atom. The Bertz CT molecular complexity index is 1200. The van der Waals surface area contributed by atoms with E-state index in [1.165, 1.54) is 0 Å². The van der Waals surface area contributed by atoms with Gasteiger partial charge in [-0.25, -0.2) is 22.3 Å². The minimum atomic E-state index is -5.09. The van der Waals surface area contributed by atoms with Gasteiger partial charge >= 0.3 is 12.3 Å². The van der Waals surface area contributed by atoms with Crippen molar-refractivity contribution in [3.63, 3.8) is 0 Å². The van der Waals surface area contributed by atoms with Crippen molar-refractivity contribution in [3.05, 3.63) is 65.5 Å². The maximum atomic E-state index is 13.3. The Morgan fingerprint density at radius 2 is 1.58 bits per heavy atom. The number of amides is 2. The van der Waals surface area contributed by atoms with E-state index in [0.717, 1.165) is 0 Å². The number of halogens is 4. The second-order valence-corrected chi connectivity index (χ2v) is 10.7. The van der Waals surface area contributed by atoms with Crippen LogP contribution in [0.15, 0.2) is 53.4 Å². The molecule has 13 heteroatoms. The topological polar surface area (TPSA) is 125 Å². The van der Waals surface area contributed by atoms with Gasteiger partial charge < -0.3 is 15.7 Å². The molecule has 4 N–H and O–H groups in total. The fourth-order valence-electron chi connectivity index (χ4n) is 3.73. The molecule has 2 aromatic carbocycles. The van der Waals surface area contributed by atoms with Gasteiger partial charge in [-0.2, -0.15) is 13.2 Å². The van der Waals surface area contributed by atoms with Gasteiger partial charge in [0.2, 0.25) is 10.0 Å². The van der Waals surface area contributed by atoms with Gasteiger partial charge in [-0.3, -0.25) is 4.79 Å². The van der Waals surface area contributed by atoms with Crippen molar-refractivity contribution in [3.8, 4) is 0 Å². The highest BCUT2D eigenvalue weighted by Gasteiger charge is 2.51. The van der Waals surface area contributed by atoms with E-state index in [2.05, 4.69) is 10.6 Å². The number of carboxylic acid groups (broad SMARTS) is 1. The molecule has 0 saturated carbocycles. The second kappa shape index (κ2) is 10.8. The summed E-state index contributed by atoms with van der Waals surface area (Å²) in [7, 11) is -4.64. The SMILES string of the molecule is CC(C)(C)[C@@](NC(=O)O)(C(=O)NCCCNS(=O)(=O)c1ccc(F)cc1C(F)(F)F)c1ccccc1. The van der Waals surface area contributed by atoms with Crippen LogP contribution in [0.1, 0.15) is 38.3 Å². The number of alkyl halides is 3. The van der Waals surface area contributed by atoms with E-state index < -0.39 is 55.4 Å². The van der Waals surface area contributed by atoms with Crippen molar-refractivity contribution in [1.29, 1.82) is 0 Å². The first-order valence-electron chi connectivity index (χ1n) is 10.7. The number of hydrogen-bond acceptors (Lipinski definition) is 4. The van der Waals surface area contributed by atoms with Crippen LogP contribution in [0.5, 0.6) is 0 Å². The highest BCUT2D eigenvalue weighted by Crippen LogP contribution is 2.40. The Balaban J connectivity index is 2.14. The molecule has 8 nitrogen and oxygen atoms in total. The van der Waals surface area contributed by atoms with E-state index in [1.807, 2.05) is 4.72 Å². The molecule has 36 heavy (non-hydrogen) atoms. The van der Waals surface area contributed by atoms with Gasteiger partial charge in [0.15, 0.2) is 5.54 Å². The van der Waals surface area contributed by atoms with Gasteiger partial charge in [0, 0.05) is 13.1 Å².